The van der Waals surface area contributed by atoms with Gasteiger partial charge in [-0.15, -0.1) is 0 Å². The van der Waals surface area contributed by atoms with Crippen LogP contribution >= 0.6 is 0 Å². The summed E-state index contributed by atoms with van der Waals surface area (Å²) >= 11 is 0. The monoisotopic (exact) mass is 329 g/mol. The van der Waals surface area contributed by atoms with E-state index in [1.54, 1.807) is 0 Å². The number of halogens is 2. The Bertz CT molecular complexity index is 440. The third-order valence-electron chi connectivity index (χ3n) is 6.07. The van der Waals surface area contributed by atoms with Crippen LogP contribution in [0.25, 0.3) is 0 Å². The second-order valence-corrected chi connectivity index (χ2v) is 7.84. The van der Waals surface area contributed by atoms with Crippen LogP contribution in [-0.2, 0) is 9.53 Å². The number of fused-ring (bicyclic) bond motifs is 1. The van der Waals surface area contributed by atoms with Crippen molar-refractivity contribution in [2.75, 3.05) is 0 Å². The number of hydrogen-bond donors (Lipinski definition) is 1. The van der Waals surface area contributed by atoms with Crippen molar-refractivity contribution in [1.29, 1.82) is 0 Å². The summed E-state index contributed by atoms with van der Waals surface area (Å²) in [4.78, 5) is 11.4. The lowest BCUT2D eigenvalue weighted by molar-refractivity contribution is -0.161. The summed E-state index contributed by atoms with van der Waals surface area (Å²) in [7, 11) is 0. The van der Waals surface area contributed by atoms with Crippen molar-refractivity contribution in [3.63, 3.8) is 0 Å². The zero-order valence-corrected chi connectivity index (χ0v) is 13.7. The summed E-state index contributed by atoms with van der Waals surface area (Å²) < 4.78 is 32.6. The summed E-state index contributed by atoms with van der Waals surface area (Å²) in [6.07, 6.45) is 5.06. The summed E-state index contributed by atoms with van der Waals surface area (Å²) in [5, 5.41) is 9.69. The number of carbonyl (C=O) groups is 1. The van der Waals surface area contributed by atoms with Crippen LogP contribution in [0.2, 0.25) is 0 Å². The maximum atomic E-state index is 13.6. The summed E-state index contributed by atoms with van der Waals surface area (Å²) in [5.41, 5.74) is 0. The average Bonchev–Trinajstić information content (AvgIpc) is 2.44. The molecule has 6 atom stereocenters. The van der Waals surface area contributed by atoms with E-state index in [4.69, 9.17) is 4.74 Å². The smallest absolute Gasteiger partial charge is 0.308 e. The minimum absolute atomic E-state index is 0.0223. The van der Waals surface area contributed by atoms with Gasteiger partial charge in [-0.1, -0.05) is 13.3 Å². The van der Waals surface area contributed by atoms with Gasteiger partial charge in [-0.25, -0.2) is 8.78 Å². The van der Waals surface area contributed by atoms with Crippen molar-refractivity contribution in [2.24, 2.45) is 23.7 Å². The lowest BCUT2D eigenvalue weighted by atomic mass is 9.60. The van der Waals surface area contributed by atoms with E-state index < -0.39 is 12.0 Å². The van der Waals surface area contributed by atoms with Gasteiger partial charge >= 0.3 is 5.97 Å². The fraction of sp³-hybridized carbons (Fsp3) is 0.889. The van der Waals surface area contributed by atoms with E-state index in [1.165, 1.54) is 0 Å². The number of esters is 1. The number of alkyl halides is 2. The minimum Gasteiger partial charge on any atom is -0.462 e. The van der Waals surface area contributed by atoms with E-state index >= 15 is 0 Å². The van der Waals surface area contributed by atoms with Crippen molar-refractivity contribution in [1.82, 2.24) is 0 Å². The lowest BCUT2D eigenvalue weighted by Crippen LogP contribution is -2.42. The molecule has 6 unspecified atom stereocenters. The van der Waals surface area contributed by atoms with Crippen molar-refractivity contribution in [3.05, 3.63) is 6.42 Å². The largest absolute Gasteiger partial charge is 0.462 e. The van der Waals surface area contributed by atoms with Crippen LogP contribution in [-0.4, -0.2) is 29.2 Å². The Morgan fingerprint density at radius 2 is 2.13 bits per heavy atom. The molecule has 0 bridgehead atoms. The van der Waals surface area contributed by atoms with Gasteiger partial charge in [-0.2, -0.15) is 0 Å². The second-order valence-electron chi connectivity index (χ2n) is 7.84. The molecule has 0 aromatic heterocycles. The molecule has 1 radical (unpaired) electrons. The van der Waals surface area contributed by atoms with Gasteiger partial charge < -0.3 is 9.84 Å². The van der Waals surface area contributed by atoms with Gasteiger partial charge in [0.1, 0.15) is 6.10 Å². The Hall–Kier alpha value is -0.710. The molecule has 5 heteroatoms. The van der Waals surface area contributed by atoms with Crippen LogP contribution in [0.5, 0.6) is 0 Å². The third kappa shape index (κ3) is 4.04. The molecule has 3 fully saturated rings. The molecule has 3 aliphatic rings. The maximum Gasteiger partial charge on any atom is 0.308 e. The van der Waals surface area contributed by atoms with Gasteiger partial charge in [0.15, 0.2) is 0 Å². The van der Waals surface area contributed by atoms with Gasteiger partial charge in [-0.05, 0) is 49.4 Å². The highest BCUT2D eigenvalue weighted by Crippen LogP contribution is 2.51. The number of cyclic esters (lactones) is 1. The average molecular weight is 329 g/mol. The van der Waals surface area contributed by atoms with E-state index in [-0.39, 0.29) is 43.2 Å². The third-order valence-corrected chi connectivity index (χ3v) is 6.07. The molecule has 131 valence electrons. The highest BCUT2D eigenvalue weighted by molar-refractivity contribution is 5.70. The Labute approximate surface area is 136 Å². The van der Waals surface area contributed by atoms with Crippen LogP contribution < -0.4 is 0 Å². The van der Waals surface area contributed by atoms with E-state index in [9.17, 15) is 18.7 Å². The van der Waals surface area contributed by atoms with Crippen molar-refractivity contribution in [2.45, 2.75) is 76.4 Å². The zero-order valence-electron chi connectivity index (χ0n) is 13.7. The standard InChI is InChI=1S/C18H27F2O3/c1-11-2-3-12-10-18(19,20)7-6-16(12)15(11)5-4-14-8-13(21)9-17(22)23-14/h6,11-16,21H,2-5,7-10H2,1H3. The SMILES string of the molecule is CC1CCC2CC(F)(F)C[CH]C2C1CCC1CC(O)CC(=O)O1. The van der Waals surface area contributed by atoms with Crippen molar-refractivity contribution < 1.29 is 23.4 Å². The number of carbonyl (C=O) groups excluding carboxylic acids is 1. The van der Waals surface area contributed by atoms with Gasteiger partial charge in [0.25, 0.3) is 0 Å². The first-order chi connectivity index (χ1) is 10.8. The molecule has 0 aromatic carbocycles. The second kappa shape index (κ2) is 6.66. The van der Waals surface area contributed by atoms with Gasteiger partial charge in [0.05, 0.1) is 12.5 Å². The molecule has 0 amide bonds. The number of aliphatic hydroxyl groups excluding tert-OH is 1. The van der Waals surface area contributed by atoms with Crippen LogP contribution in [0.4, 0.5) is 8.78 Å². The molecule has 23 heavy (non-hydrogen) atoms. The topological polar surface area (TPSA) is 46.5 Å². The number of rotatable bonds is 3. The highest BCUT2D eigenvalue weighted by Gasteiger charge is 2.47. The fourth-order valence-electron chi connectivity index (χ4n) is 4.89. The fourth-order valence-corrected chi connectivity index (χ4v) is 4.89. The Morgan fingerprint density at radius 1 is 1.35 bits per heavy atom. The molecule has 2 saturated carbocycles. The molecule has 1 aliphatic heterocycles. The molecule has 3 nitrogen and oxygen atoms in total. The highest BCUT2D eigenvalue weighted by atomic mass is 19.3. The molecule has 2 aliphatic carbocycles. The van der Waals surface area contributed by atoms with Crippen LogP contribution in [0.3, 0.4) is 0 Å². The Kier molecular flexibility index (Phi) is 4.96. The number of ether oxygens (including phenoxy) is 1. The van der Waals surface area contributed by atoms with Crippen molar-refractivity contribution >= 4 is 5.97 Å². The normalized spacial score (nSPS) is 43.6. The van der Waals surface area contributed by atoms with E-state index in [2.05, 4.69) is 6.92 Å². The quantitative estimate of drug-likeness (QED) is 0.802. The summed E-state index contributed by atoms with van der Waals surface area (Å²) in [6, 6.07) is 0. The predicted octanol–water partition coefficient (Wildman–Crippen LogP) is 3.74. The van der Waals surface area contributed by atoms with E-state index in [0.29, 0.717) is 18.3 Å². The first-order valence-electron chi connectivity index (χ1n) is 8.93. The van der Waals surface area contributed by atoms with Crippen molar-refractivity contribution in [3.8, 4) is 0 Å². The molecule has 1 saturated heterocycles. The number of hydrogen-bond acceptors (Lipinski definition) is 3. The molecule has 1 N–H and O–H groups in total. The van der Waals surface area contributed by atoms with Crippen LogP contribution in [0.15, 0.2) is 0 Å². The minimum atomic E-state index is -2.53. The Balaban J connectivity index is 1.58. The summed E-state index contributed by atoms with van der Waals surface area (Å²) in [6.45, 7) is 2.21. The molecular formula is C18H27F2O3. The molecule has 0 spiro atoms. The van der Waals surface area contributed by atoms with Gasteiger partial charge in [-0.3, -0.25) is 4.79 Å². The van der Waals surface area contributed by atoms with Crippen LogP contribution in [0.1, 0.15) is 58.3 Å². The van der Waals surface area contributed by atoms with Crippen LogP contribution in [0, 0.1) is 30.1 Å². The summed E-state index contributed by atoms with van der Waals surface area (Å²) in [5.74, 6) is -1.59. The maximum absolute atomic E-state index is 13.6. The van der Waals surface area contributed by atoms with Gasteiger partial charge in [0, 0.05) is 19.3 Å². The predicted molar refractivity (Wildman–Crippen MR) is 81.7 cm³/mol. The molecular weight excluding hydrogens is 302 g/mol. The van der Waals surface area contributed by atoms with Gasteiger partial charge in [0.2, 0.25) is 5.92 Å². The van der Waals surface area contributed by atoms with E-state index in [0.717, 1.165) is 25.7 Å². The number of aliphatic hydroxyl groups is 1. The lowest BCUT2D eigenvalue weighted by Gasteiger charge is -2.47. The first-order valence-corrected chi connectivity index (χ1v) is 8.93. The zero-order chi connectivity index (χ0) is 16.6. The first kappa shape index (κ1) is 17.1. The molecule has 3 rings (SSSR count). The Morgan fingerprint density at radius 3 is 2.87 bits per heavy atom. The van der Waals surface area contributed by atoms with E-state index in [1.807, 2.05) is 6.42 Å². The molecule has 1 heterocycles. The molecule has 0 aromatic rings.